The molecule has 4 heteroatoms. The summed E-state index contributed by atoms with van der Waals surface area (Å²) in [6.07, 6.45) is -4.11. The first-order chi connectivity index (χ1) is 9.46. The van der Waals surface area contributed by atoms with Gasteiger partial charge < -0.3 is 5.32 Å². The highest BCUT2D eigenvalue weighted by atomic mass is 19.4. The lowest BCUT2D eigenvalue weighted by Crippen LogP contribution is -2.16. The molecule has 0 amide bonds. The van der Waals surface area contributed by atoms with Crippen LogP contribution in [0.5, 0.6) is 0 Å². The number of rotatable bonds is 5. The Bertz CT molecular complexity index is 558. The molecule has 0 spiro atoms. The maximum atomic E-state index is 12.1. The molecule has 1 atom stereocenters. The topological polar surface area (TPSA) is 12.0 Å². The van der Waals surface area contributed by atoms with Gasteiger partial charge in [0.15, 0.2) is 0 Å². The normalized spacial score (nSPS) is 13.4. The van der Waals surface area contributed by atoms with Gasteiger partial charge in [-0.15, -0.1) is 0 Å². The lowest BCUT2D eigenvalue weighted by atomic mass is 10.1. The van der Waals surface area contributed by atoms with Crippen LogP contribution in [0.15, 0.2) is 42.5 Å². The summed E-state index contributed by atoms with van der Waals surface area (Å²) in [5.74, 6) is 0. The molecule has 0 saturated carbocycles. The van der Waals surface area contributed by atoms with Gasteiger partial charge in [-0.25, -0.2) is 0 Å². The first-order valence-corrected chi connectivity index (χ1v) is 6.77. The molecule has 0 bridgehead atoms. The second kappa shape index (κ2) is 6.16. The predicted octanol–water partition coefficient (Wildman–Crippen LogP) is 5.37. The van der Waals surface area contributed by atoms with Crippen molar-refractivity contribution in [2.45, 2.75) is 38.4 Å². The van der Waals surface area contributed by atoms with Crippen molar-refractivity contribution in [3.63, 3.8) is 0 Å². The van der Waals surface area contributed by atoms with Crippen LogP contribution in [0.4, 0.5) is 18.9 Å². The standard InChI is InChI=1S/C16H18F3N/c1-12(6-5-11-16(17,18)19)20-15-10-4-8-13-7-2-3-9-14(13)15/h2-4,7-10,12,20H,5-6,11H2,1H3. The average molecular weight is 281 g/mol. The lowest BCUT2D eigenvalue weighted by Gasteiger charge is -2.17. The lowest BCUT2D eigenvalue weighted by molar-refractivity contribution is -0.135. The average Bonchev–Trinajstić information content (AvgIpc) is 2.37. The Morgan fingerprint density at radius 3 is 2.50 bits per heavy atom. The second-order valence-electron chi connectivity index (χ2n) is 5.08. The van der Waals surface area contributed by atoms with Gasteiger partial charge in [0.05, 0.1) is 0 Å². The fraction of sp³-hybridized carbons (Fsp3) is 0.375. The van der Waals surface area contributed by atoms with E-state index in [9.17, 15) is 13.2 Å². The molecule has 0 aliphatic rings. The van der Waals surface area contributed by atoms with E-state index in [0.717, 1.165) is 16.5 Å². The molecule has 0 aliphatic carbocycles. The molecule has 0 fully saturated rings. The Morgan fingerprint density at radius 2 is 1.75 bits per heavy atom. The summed E-state index contributed by atoms with van der Waals surface area (Å²) >= 11 is 0. The molecular formula is C16H18F3N. The van der Waals surface area contributed by atoms with Crippen LogP contribution in [0.3, 0.4) is 0 Å². The van der Waals surface area contributed by atoms with E-state index in [1.165, 1.54) is 0 Å². The minimum atomic E-state index is -4.06. The summed E-state index contributed by atoms with van der Waals surface area (Å²) in [4.78, 5) is 0. The number of hydrogen-bond donors (Lipinski definition) is 1. The van der Waals surface area contributed by atoms with Crippen LogP contribution in [0.1, 0.15) is 26.2 Å². The SMILES string of the molecule is CC(CCCC(F)(F)F)Nc1cccc2ccccc12. The molecular weight excluding hydrogens is 263 g/mol. The molecule has 1 N–H and O–H groups in total. The largest absolute Gasteiger partial charge is 0.389 e. The van der Waals surface area contributed by atoms with Crippen molar-refractivity contribution < 1.29 is 13.2 Å². The van der Waals surface area contributed by atoms with Crippen molar-refractivity contribution >= 4 is 16.5 Å². The highest BCUT2D eigenvalue weighted by Crippen LogP contribution is 2.26. The molecule has 0 heterocycles. The molecule has 20 heavy (non-hydrogen) atoms. The molecule has 0 radical (unpaired) electrons. The van der Waals surface area contributed by atoms with Crippen LogP contribution in [-0.4, -0.2) is 12.2 Å². The number of benzene rings is 2. The van der Waals surface area contributed by atoms with Gasteiger partial charge in [-0.3, -0.25) is 0 Å². The Morgan fingerprint density at radius 1 is 1.05 bits per heavy atom. The third kappa shape index (κ3) is 4.15. The van der Waals surface area contributed by atoms with E-state index in [2.05, 4.69) is 5.32 Å². The highest BCUT2D eigenvalue weighted by molar-refractivity contribution is 5.93. The highest BCUT2D eigenvalue weighted by Gasteiger charge is 2.26. The minimum absolute atomic E-state index is 0.0168. The Kier molecular flexibility index (Phi) is 4.53. The smallest absolute Gasteiger partial charge is 0.382 e. The van der Waals surface area contributed by atoms with E-state index in [1.807, 2.05) is 49.4 Å². The maximum Gasteiger partial charge on any atom is 0.389 e. The summed E-state index contributed by atoms with van der Waals surface area (Å²) < 4.78 is 36.4. The Balaban J connectivity index is 1.98. The van der Waals surface area contributed by atoms with Gasteiger partial charge in [-0.2, -0.15) is 13.2 Å². The zero-order valence-electron chi connectivity index (χ0n) is 11.4. The maximum absolute atomic E-state index is 12.1. The van der Waals surface area contributed by atoms with Gasteiger partial charge in [0.2, 0.25) is 0 Å². The molecule has 0 aromatic heterocycles. The summed E-state index contributed by atoms with van der Waals surface area (Å²) in [6.45, 7) is 1.91. The van der Waals surface area contributed by atoms with Crippen molar-refractivity contribution in [1.29, 1.82) is 0 Å². The molecule has 0 saturated heterocycles. The summed E-state index contributed by atoms with van der Waals surface area (Å²) in [5.41, 5.74) is 0.975. The Hall–Kier alpha value is -1.71. The van der Waals surface area contributed by atoms with Gasteiger partial charge in [0.1, 0.15) is 0 Å². The number of nitrogens with one attached hydrogen (secondary N) is 1. The monoisotopic (exact) mass is 281 g/mol. The van der Waals surface area contributed by atoms with E-state index in [1.54, 1.807) is 0 Å². The van der Waals surface area contributed by atoms with Crippen molar-refractivity contribution in [3.05, 3.63) is 42.5 Å². The number of anilines is 1. The number of halogens is 3. The second-order valence-corrected chi connectivity index (χ2v) is 5.08. The van der Waals surface area contributed by atoms with Gasteiger partial charge in [0, 0.05) is 23.5 Å². The quantitative estimate of drug-likeness (QED) is 0.776. The van der Waals surface area contributed by atoms with E-state index in [-0.39, 0.29) is 12.5 Å². The zero-order valence-corrected chi connectivity index (χ0v) is 11.4. The van der Waals surface area contributed by atoms with Crippen molar-refractivity contribution in [3.8, 4) is 0 Å². The number of alkyl halides is 3. The van der Waals surface area contributed by atoms with Crippen LogP contribution in [0, 0.1) is 0 Å². The molecule has 2 aromatic rings. The first kappa shape index (κ1) is 14.7. The molecule has 108 valence electrons. The van der Waals surface area contributed by atoms with E-state index >= 15 is 0 Å². The van der Waals surface area contributed by atoms with Crippen LogP contribution in [-0.2, 0) is 0 Å². The molecule has 0 aliphatic heterocycles. The molecule has 2 aromatic carbocycles. The van der Waals surface area contributed by atoms with Crippen LogP contribution in [0.2, 0.25) is 0 Å². The van der Waals surface area contributed by atoms with Gasteiger partial charge in [0.25, 0.3) is 0 Å². The Labute approximate surface area is 116 Å². The zero-order chi connectivity index (χ0) is 14.6. The van der Waals surface area contributed by atoms with Crippen molar-refractivity contribution in [2.24, 2.45) is 0 Å². The van der Waals surface area contributed by atoms with Gasteiger partial charge in [-0.1, -0.05) is 36.4 Å². The predicted molar refractivity (Wildman–Crippen MR) is 76.9 cm³/mol. The van der Waals surface area contributed by atoms with Crippen LogP contribution >= 0.6 is 0 Å². The van der Waals surface area contributed by atoms with Gasteiger partial charge >= 0.3 is 6.18 Å². The van der Waals surface area contributed by atoms with Crippen LogP contribution in [0.25, 0.3) is 10.8 Å². The van der Waals surface area contributed by atoms with E-state index < -0.39 is 12.6 Å². The van der Waals surface area contributed by atoms with Gasteiger partial charge in [-0.05, 0) is 31.2 Å². The summed E-state index contributed by atoms with van der Waals surface area (Å²) in [7, 11) is 0. The number of hydrogen-bond acceptors (Lipinski definition) is 1. The molecule has 1 unspecified atom stereocenters. The number of fused-ring (bicyclic) bond motifs is 1. The summed E-state index contributed by atoms with van der Waals surface area (Å²) in [6, 6.07) is 13.9. The van der Waals surface area contributed by atoms with E-state index in [0.29, 0.717) is 6.42 Å². The summed E-state index contributed by atoms with van der Waals surface area (Å²) in [5, 5.41) is 5.52. The van der Waals surface area contributed by atoms with Crippen molar-refractivity contribution in [1.82, 2.24) is 0 Å². The molecule has 1 nitrogen and oxygen atoms in total. The van der Waals surface area contributed by atoms with Crippen molar-refractivity contribution in [2.75, 3.05) is 5.32 Å². The first-order valence-electron chi connectivity index (χ1n) is 6.77. The fourth-order valence-electron chi connectivity index (χ4n) is 2.30. The third-order valence-corrected chi connectivity index (χ3v) is 3.29. The third-order valence-electron chi connectivity index (χ3n) is 3.29. The molecule has 2 rings (SSSR count). The van der Waals surface area contributed by atoms with Crippen LogP contribution < -0.4 is 5.32 Å². The minimum Gasteiger partial charge on any atom is -0.382 e. The van der Waals surface area contributed by atoms with E-state index in [4.69, 9.17) is 0 Å². The fourth-order valence-corrected chi connectivity index (χ4v) is 2.30.